The van der Waals surface area contributed by atoms with Crippen molar-refractivity contribution in [2.75, 3.05) is 6.61 Å². The molecule has 10 nitrogen and oxygen atoms in total. The number of hydrogen-bond donors (Lipinski definition) is 1. The molecule has 156 valence electrons. The van der Waals surface area contributed by atoms with Gasteiger partial charge in [0, 0.05) is 17.8 Å². The van der Waals surface area contributed by atoms with Gasteiger partial charge < -0.3 is 14.5 Å². The van der Waals surface area contributed by atoms with Gasteiger partial charge in [0.25, 0.3) is 5.91 Å². The van der Waals surface area contributed by atoms with Crippen molar-refractivity contribution in [1.82, 2.24) is 15.1 Å². The Hall–Kier alpha value is -3.95. The molecule has 1 aromatic carbocycles. The van der Waals surface area contributed by atoms with Gasteiger partial charge in [-0.1, -0.05) is 30.3 Å². The molecule has 0 aliphatic rings. The summed E-state index contributed by atoms with van der Waals surface area (Å²) in [5.74, 6) is -2.39. The van der Waals surface area contributed by atoms with Crippen LogP contribution in [-0.4, -0.2) is 33.2 Å². The first-order valence-corrected chi connectivity index (χ1v) is 9.10. The number of carbonyl (C=O) groups excluding carboxylic acids is 2. The molecule has 0 unspecified atom stereocenters. The number of furan rings is 1. The third kappa shape index (κ3) is 4.90. The Bertz CT molecular complexity index is 1070. The van der Waals surface area contributed by atoms with Gasteiger partial charge in [-0.25, -0.2) is 4.79 Å². The van der Waals surface area contributed by atoms with Crippen LogP contribution in [0.4, 0.5) is 5.88 Å². The van der Waals surface area contributed by atoms with Crippen molar-refractivity contribution < 1.29 is 23.7 Å². The van der Waals surface area contributed by atoms with Crippen LogP contribution >= 0.6 is 0 Å². The highest BCUT2D eigenvalue weighted by atomic mass is 16.7. The maximum atomic E-state index is 12.0. The number of esters is 1. The first kappa shape index (κ1) is 20.8. The summed E-state index contributed by atoms with van der Waals surface area (Å²) in [5, 5.41) is 17.8. The van der Waals surface area contributed by atoms with Crippen LogP contribution < -0.4 is 5.32 Å². The number of amides is 1. The van der Waals surface area contributed by atoms with E-state index in [-0.39, 0.29) is 12.3 Å². The van der Waals surface area contributed by atoms with Gasteiger partial charge in [-0.15, -0.1) is 0 Å². The number of aromatic nitrogens is 2. The maximum absolute atomic E-state index is 12.0. The zero-order valence-electron chi connectivity index (χ0n) is 16.5. The van der Waals surface area contributed by atoms with E-state index in [0.29, 0.717) is 6.54 Å². The molecule has 0 atom stereocenters. The highest BCUT2D eigenvalue weighted by Crippen LogP contribution is 2.17. The van der Waals surface area contributed by atoms with Crippen LogP contribution in [0.1, 0.15) is 33.1 Å². The number of hydrogen-bond acceptors (Lipinski definition) is 7. The third-order valence-electron chi connectivity index (χ3n) is 4.48. The summed E-state index contributed by atoms with van der Waals surface area (Å²) < 4.78 is 11.4. The summed E-state index contributed by atoms with van der Waals surface area (Å²) in [4.78, 5) is 33.6. The van der Waals surface area contributed by atoms with Crippen molar-refractivity contribution in [1.29, 1.82) is 0 Å². The van der Waals surface area contributed by atoms with E-state index in [0.717, 1.165) is 34.6 Å². The van der Waals surface area contributed by atoms with Crippen LogP contribution in [-0.2, 0) is 22.6 Å². The van der Waals surface area contributed by atoms with Crippen molar-refractivity contribution in [3.63, 3.8) is 0 Å². The van der Waals surface area contributed by atoms with E-state index in [2.05, 4.69) is 10.4 Å². The standard InChI is InChI=1S/C20H20N4O6/c1-13-16(14(2)23(22-13)11-15-6-4-3-5-7-15)10-21-18(25)12-29-20(26)17-8-9-19(30-17)24(27)28/h3-9H,10-12H2,1-2H3,(H,21,25). The molecule has 1 N–H and O–H groups in total. The van der Waals surface area contributed by atoms with Gasteiger partial charge in [0.2, 0.25) is 5.76 Å². The predicted octanol–water partition coefficient (Wildman–Crippen LogP) is 2.52. The van der Waals surface area contributed by atoms with Crippen LogP contribution in [0.25, 0.3) is 0 Å². The highest BCUT2D eigenvalue weighted by molar-refractivity contribution is 5.89. The second-order valence-corrected chi connectivity index (χ2v) is 6.54. The zero-order valence-corrected chi connectivity index (χ0v) is 16.5. The van der Waals surface area contributed by atoms with Gasteiger partial charge in [0.05, 0.1) is 18.3 Å². The molecule has 0 fully saturated rings. The molecule has 0 saturated carbocycles. The van der Waals surface area contributed by atoms with Crippen LogP contribution in [0, 0.1) is 24.0 Å². The van der Waals surface area contributed by atoms with Crippen molar-refractivity contribution in [2.45, 2.75) is 26.9 Å². The minimum atomic E-state index is -0.957. The normalized spacial score (nSPS) is 10.6. The molecule has 1 amide bonds. The molecule has 10 heteroatoms. The fourth-order valence-electron chi connectivity index (χ4n) is 2.88. The second-order valence-electron chi connectivity index (χ2n) is 6.54. The molecule has 3 rings (SSSR count). The van der Waals surface area contributed by atoms with Crippen LogP contribution in [0.2, 0.25) is 0 Å². The summed E-state index contributed by atoms with van der Waals surface area (Å²) in [6.45, 7) is 4.10. The SMILES string of the molecule is Cc1nn(Cc2ccccc2)c(C)c1CNC(=O)COC(=O)c1ccc([N+](=O)[O-])o1. The summed E-state index contributed by atoms with van der Waals surface area (Å²) in [6, 6.07) is 12.1. The number of nitrogens with zero attached hydrogens (tertiary/aromatic N) is 3. The Morgan fingerprint density at radius 3 is 2.60 bits per heavy atom. The Balaban J connectivity index is 1.53. The van der Waals surface area contributed by atoms with Gasteiger partial charge in [-0.3, -0.25) is 19.6 Å². The number of benzene rings is 1. The third-order valence-corrected chi connectivity index (χ3v) is 4.48. The molecule has 0 spiro atoms. The molecule has 3 aromatic rings. The van der Waals surface area contributed by atoms with E-state index in [1.54, 1.807) is 0 Å². The molecule has 0 aliphatic heterocycles. The minimum Gasteiger partial charge on any atom is -0.450 e. The number of carbonyl (C=O) groups is 2. The van der Waals surface area contributed by atoms with Crippen molar-refractivity contribution in [3.8, 4) is 0 Å². The molecule has 0 bridgehead atoms. The first-order chi connectivity index (χ1) is 14.3. The fourth-order valence-corrected chi connectivity index (χ4v) is 2.88. The van der Waals surface area contributed by atoms with Gasteiger partial charge >= 0.3 is 11.9 Å². The van der Waals surface area contributed by atoms with Crippen molar-refractivity contribution in [2.24, 2.45) is 0 Å². The quantitative estimate of drug-likeness (QED) is 0.342. The maximum Gasteiger partial charge on any atom is 0.433 e. The molecule has 2 aromatic heterocycles. The average molecular weight is 412 g/mol. The molecule has 0 aliphatic carbocycles. The first-order valence-electron chi connectivity index (χ1n) is 9.10. The molecule has 30 heavy (non-hydrogen) atoms. The van der Waals surface area contributed by atoms with Crippen LogP contribution in [0.3, 0.4) is 0 Å². The number of aryl methyl sites for hydroxylation is 1. The lowest BCUT2D eigenvalue weighted by Crippen LogP contribution is -2.28. The van der Waals surface area contributed by atoms with Crippen molar-refractivity contribution in [3.05, 3.63) is 80.9 Å². The van der Waals surface area contributed by atoms with E-state index in [1.807, 2.05) is 48.9 Å². The van der Waals surface area contributed by atoms with Gasteiger partial charge in [-0.2, -0.15) is 5.10 Å². The lowest BCUT2D eigenvalue weighted by Gasteiger charge is -2.08. The lowest BCUT2D eigenvalue weighted by atomic mass is 10.2. The summed E-state index contributed by atoms with van der Waals surface area (Å²) in [6.07, 6.45) is 0. The Labute approximate surface area is 171 Å². The van der Waals surface area contributed by atoms with E-state index < -0.39 is 29.3 Å². The van der Waals surface area contributed by atoms with Crippen LogP contribution in [0.15, 0.2) is 46.9 Å². The van der Waals surface area contributed by atoms with Crippen LogP contribution in [0.5, 0.6) is 0 Å². The molecular weight excluding hydrogens is 392 g/mol. The van der Waals surface area contributed by atoms with Gasteiger partial charge in [0.1, 0.15) is 4.92 Å². The van der Waals surface area contributed by atoms with Gasteiger partial charge in [-0.05, 0) is 25.5 Å². The Morgan fingerprint density at radius 2 is 1.93 bits per heavy atom. The fraction of sp³-hybridized carbons (Fsp3) is 0.250. The number of ether oxygens (including phenoxy) is 1. The van der Waals surface area contributed by atoms with E-state index in [9.17, 15) is 19.7 Å². The molecular formula is C20H20N4O6. The van der Waals surface area contributed by atoms with E-state index in [4.69, 9.17) is 9.15 Å². The summed E-state index contributed by atoms with van der Waals surface area (Å²) in [7, 11) is 0. The molecule has 0 radical (unpaired) electrons. The zero-order chi connectivity index (χ0) is 21.7. The average Bonchev–Trinajstić information content (AvgIpc) is 3.31. The van der Waals surface area contributed by atoms with Crippen molar-refractivity contribution >= 4 is 17.8 Å². The Morgan fingerprint density at radius 1 is 1.20 bits per heavy atom. The summed E-state index contributed by atoms with van der Waals surface area (Å²) >= 11 is 0. The lowest BCUT2D eigenvalue weighted by molar-refractivity contribution is -0.402. The van der Waals surface area contributed by atoms with E-state index >= 15 is 0 Å². The second kappa shape index (κ2) is 9.03. The topological polar surface area (TPSA) is 130 Å². The predicted molar refractivity (Wildman–Crippen MR) is 105 cm³/mol. The number of nitrogens with one attached hydrogen (secondary N) is 1. The summed E-state index contributed by atoms with van der Waals surface area (Å²) in [5.41, 5.74) is 3.72. The smallest absolute Gasteiger partial charge is 0.433 e. The number of nitro groups is 1. The number of rotatable bonds is 8. The molecule has 2 heterocycles. The largest absolute Gasteiger partial charge is 0.450 e. The van der Waals surface area contributed by atoms with Gasteiger partial charge in [0.15, 0.2) is 6.61 Å². The minimum absolute atomic E-state index is 0.231. The molecule has 0 saturated heterocycles. The highest BCUT2D eigenvalue weighted by Gasteiger charge is 2.19. The monoisotopic (exact) mass is 412 g/mol. The van der Waals surface area contributed by atoms with E-state index in [1.165, 1.54) is 0 Å². The Kier molecular flexibility index (Phi) is 6.26.